The van der Waals surface area contributed by atoms with Crippen molar-refractivity contribution < 1.29 is 14.3 Å². The maximum Gasteiger partial charge on any atom is 0.282 e. The fourth-order valence-corrected chi connectivity index (χ4v) is 4.20. The summed E-state index contributed by atoms with van der Waals surface area (Å²) in [7, 11) is 0. The van der Waals surface area contributed by atoms with E-state index in [1.165, 1.54) is 0 Å². The molecule has 0 fully saturated rings. The number of amides is 1. The Labute approximate surface area is 228 Å². The molecule has 3 aromatic carbocycles. The molecule has 1 heterocycles. The molecule has 0 aliphatic carbocycles. The van der Waals surface area contributed by atoms with Crippen LogP contribution in [0.25, 0.3) is 6.08 Å². The van der Waals surface area contributed by atoms with Gasteiger partial charge in [0, 0.05) is 10.0 Å². The fourth-order valence-electron chi connectivity index (χ4n) is 3.93. The highest BCUT2D eigenvalue weighted by atomic mass is 79.9. The normalized spacial score (nSPS) is 14.2. The Kier molecular flexibility index (Phi) is 9.55. The van der Waals surface area contributed by atoms with Gasteiger partial charge in [-0.15, -0.1) is 0 Å². The topological polar surface area (TPSA) is 51.1 Å². The molecule has 192 valence electrons. The van der Waals surface area contributed by atoms with Crippen LogP contribution in [-0.4, -0.2) is 25.0 Å². The lowest BCUT2D eigenvalue weighted by Crippen LogP contribution is -2.32. The molecule has 4 rings (SSSR count). The van der Waals surface area contributed by atoms with Crippen molar-refractivity contribution in [3.8, 4) is 11.5 Å². The average Bonchev–Trinajstić information content (AvgIpc) is 3.24. The third kappa shape index (κ3) is 7.10. The Hall–Kier alpha value is -3.38. The Balaban J connectivity index is 1.61. The van der Waals surface area contributed by atoms with Gasteiger partial charge in [-0.2, -0.15) is 0 Å². The number of anilines is 1. The lowest BCUT2D eigenvalue weighted by atomic mass is 10.1. The molecular weight excluding hydrogens is 528 g/mol. The second-order valence-electron chi connectivity index (χ2n) is 8.93. The molecule has 0 saturated heterocycles. The first-order chi connectivity index (χ1) is 18.1. The Morgan fingerprint density at radius 2 is 1.38 bits per heavy atom. The minimum atomic E-state index is -0.169. The van der Waals surface area contributed by atoms with Gasteiger partial charge in [0.25, 0.3) is 5.91 Å². The zero-order valence-corrected chi connectivity index (χ0v) is 23.0. The van der Waals surface area contributed by atoms with Crippen LogP contribution < -0.4 is 14.4 Å². The number of benzene rings is 3. The number of nitrogens with zero attached hydrogens (tertiary/aromatic N) is 2. The number of amidine groups is 1. The van der Waals surface area contributed by atoms with Gasteiger partial charge < -0.3 is 9.47 Å². The van der Waals surface area contributed by atoms with Crippen molar-refractivity contribution in [2.24, 2.45) is 4.99 Å². The van der Waals surface area contributed by atoms with Gasteiger partial charge in [0.05, 0.1) is 18.9 Å². The molecule has 0 unspecified atom stereocenters. The summed E-state index contributed by atoms with van der Waals surface area (Å²) in [6.07, 6.45) is 7.26. The quantitative estimate of drug-likeness (QED) is 0.166. The second-order valence-corrected chi connectivity index (χ2v) is 9.85. The fraction of sp³-hybridized carbons (Fsp3) is 0.290. The predicted octanol–water partition coefficient (Wildman–Crippen LogP) is 8.03. The summed E-state index contributed by atoms with van der Waals surface area (Å²) in [5.41, 5.74) is 2.88. The molecule has 3 aromatic rings. The van der Waals surface area contributed by atoms with Crippen LogP contribution in [0, 0.1) is 0 Å². The van der Waals surface area contributed by atoms with Crippen LogP contribution in [0.5, 0.6) is 11.5 Å². The third-order valence-electron chi connectivity index (χ3n) is 6.02. The van der Waals surface area contributed by atoms with Gasteiger partial charge in [-0.1, -0.05) is 61.2 Å². The molecule has 1 aliphatic rings. The monoisotopic (exact) mass is 560 g/mol. The molecule has 1 amide bonds. The van der Waals surface area contributed by atoms with Crippen molar-refractivity contribution in [3.63, 3.8) is 0 Å². The molecule has 0 bridgehead atoms. The van der Waals surface area contributed by atoms with E-state index in [0.717, 1.165) is 64.9 Å². The number of hydrogen-bond acceptors (Lipinski definition) is 4. The number of aliphatic imine (C=N–C) groups is 1. The van der Waals surface area contributed by atoms with E-state index in [-0.39, 0.29) is 5.91 Å². The zero-order valence-electron chi connectivity index (χ0n) is 21.5. The van der Waals surface area contributed by atoms with Crippen LogP contribution in [0.1, 0.15) is 57.1 Å². The second kappa shape index (κ2) is 13.2. The molecule has 6 heteroatoms. The Bertz CT molecular complexity index is 1230. The van der Waals surface area contributed by atoms with E-state index >= 15 is 0 Å². The van der Waals surface area contributed by atoms with Crippen molar-refractivity contribution in [1.29, 1.82) is 0 Å². The van der Waals surface area contributed by atoms with E-state index in [0.29, 0.717) is 24.7 Å². The minimum absolute atomic E-state index is 0.169. The van der Waals surface area contributed by atoms with Crippen molar-refractivity contribution in [3.05, 3.63) is 94.1 Å². The average molecular weight is 562 g/mol. The first kappa shape index (κ1) is 26.7. The van der Waals surface area contributed by atoms with Crippen molar-refractivity contribution in [1.82, 2.24) is 0 Å². The zero-order chi connectivity index (χ0) is 26.0. The van der Waals surface area contributed by atoms with Crippen molar-refractivity contribution in [2.75, 3.05) is 18.1 Å². The first-order valence-electron chi connectivity index (χ1n) is 13.0. The van der Waals surface area contributed by atoms with E-state index < -0.39 is 0 Å². The van der Waals surface area contributed by atoms with E-state index in [1.807, 2.05) is 78.9 Å². The Morgan fingerprint density at radius 3 is 2.00 bits per heavy atom. The number of carbonyl (C=O) groups excluding carboxylic acids is 1. The SMILES string of the molecule is CCCCCOc1ccc(N2C(=O)/C(=C\c3ccc(Br)cc3)N=C2c2ccc(OCCCC)cc2)cc1. The molecule has 0 spiro atoms. The summed E-state index contributed by atoms with van der Waals surface area (Å²) in [5.74, 6) is 2.02. The van der Waals surface area contributed by atoms with Crippen LogP contribution in [0.15, 0.2) is 88.0 Å². The number of halogens is 1. The molecular formula is C31H33BrN2O3. The molecule has 37 heavy (non-hydrogen) atoms. The summed E-state index contributed by atoms with van der Waals surface area (Å²) in [5, 5.41) is 0. The smallest absolute Gasteiger partial charge is 0.282 e. The molecule has 0 radical (unpaired) electrons. The summed E-state index contributed by atoms with van der Waals surface area (Å²) in [4.78, 5) is 20.1. The molecule has 0 aromatic heterocycles. The minimum Gasteiger partial charge on any atom is -0.494 e. The lowest BCUT2D eigenvalue weighted by molar-refractivity contribution is -0.113. The molecule has 0 N–H and O–H groups in total. The molecule has 0 atom stereocenters. The summed E-state index contributed by atoms with van der Waals surface area (Å²) in [6.45, 7) is 5.69. The van der Waals surface area contributed by atoms with Crippen LogP contribution >= 0.6 is 15.9 Å². The predicted molar refractivity (Wildman–Crippen MR) is 154 cm³/mol. The van der Waals surface area contributed by atoms with Crippen LogP contribution in [-0.2, 0) is 4.79 Å². The first-order valence-corrected chi connectivity index (χ1v) is 13.7. The largest absolute Gasteiger partial charge is 0.494 e. The number of hydrogen-bond donors (Lipinski definition) is 0. The number of rotatable bonds is 12. The van der Waals surface area contributed by atoms with Crippen LogP contribution in [0.2, 0.25) is 0 Å². The van der Waals surface area contributed by atoms with Crippen LogP contribution in [0.4, 0.5) is 5.69 Å². The maximum atomic E-state index is 13.6. The Morgan fingerprint density at radius 1 is 0.784 bits per heavy atom. The van der Waals surface area contributed by atoms with E-state index in [4.69, 9.17) is 14.5 Å². The third-order valence-corrected chi connectivity index (χ3v) is 6.55. The van der Waals surface area contributed by atoms with Gasteiger partial charge in [-0.05, 0) is 85.1 Å². The summed E-state index contributed by atoms with van der Waals surface area (Å²) >= 11 is 3.46. The molecule has 1 aliphatic heterocycles. The maximum absolute atomic E-state index is 13.6. The van der Waals surface area contributed by atoms with Gasteiger partial charge in [-0.25, -0.2) is 4.99 Å². The van der Waals surface area contributed by atoms with Crippen molar-refractivity contribution >= 4 is 39.4 Å². The van der Waals surface area contributed by atoms with Gasteiger partial charge in [0.2, 0.25) is 0 Å². The highest BCUT2D eigenvalue weighted by Crippen LogP contribution is 2.30. The van der Waals surface area contributed by atoms with Gasteiger partial charge in [-0.3, -0.25) is 9.69 Å². The van der Waals surface area contributed by atoms with E-state index in [1.54, 1.807) is 4.90 Å². The highest BCUT2D eigenvalue weighted by molar-refractivity contribution is 9.10. The van der Waals surface area contributed by atoms with Gasteiger partial charge in [0.15, 0.2) is 0 Å². The van der Waals surface area contributed by atoms with E-state index in [9.17, 15) is 4.79 Å². The van der Waals surface area contributed by atoms with Gasteiger partial charge in [0.1, 0.15) is 23.0 Å². The standard InChI is InChI=1S/C31H33BrN2O3/c1-3-5-7-21-37-28-18-14-26(15-19-28)34-30(24-10-16-27(17-11-24)36-20-6-4-2)33-29(31(34)35)22-23-8-12-25(32)13-9-23/h8-19,22H,3-7,20-21H2,1-2H3/b29-22+. The number of carbonyl (C=O) groups is 1. The summed E-state index contributed by atoms with van der Waals surface area (Å²) < 4.78 is 12.7. The highest BCUT2D eigenvalue weighted by Gasteiger charge is 2.32. The van der Waals surface area contributed by atoms with Gasteiger partial charge >= 0.3 is 0 Å². The van der Waals surface area contributed by atoms with E-state index in [2.05, 4.69) is 29.8 Å². The van der Waals surface area contributed by atoms with Crippen molar-refractivity contribution in [2.45, 2.75) is 46.0 Å². The molecule has 5 nitrogen and oxygen atoms in total. The van der Waals surface area contributed by atoms with Crippen LogP contribution in [0.3, 0.4) is 0 Å². The lowest BCUT2D eigenvalue weighted by Gasteiger charge is -2.19. The number of ether oxygens (including phenoxy) is 2. The summed E-state index contributed by atoms with van der Waals surface area (Å²) in [6, 6.07) is 23.2. The number of unbranched alkanes of at least 4 members (excludes halogenated alkanes) is 3. The molecule has 0 saturated carbocycles.